The molecular weight excluding hydrogens is 244 g/mol. The quantitative estimate of drug-likeness (QED) is 0.920. The van der Waals surface area contributed by atoms with Crippen LogP contribution in [0.3, 0.4) is 0 Å². The molecule has 0 aliphatic rings. The number of anilines is 1. The van der Waals surface area contributed by atoms with Crippen LogP contribution in [0, 0.1) is 13.8 Å². The Balaban J connectivity index is 2.13. The molecule has 0 aliphatic heterocycles. The summed E-state index contributed by atoms with van der Waals surface area (Å²) in [6.45, 7) is 4.95. The van der Waals surface area contributed by atoms with Crippen molar-refractivity contribution < 1.29 is 5.11 Å². The van der Waals surface area contributed by atoms with Gasteiger partial charge in [-0.05, 0) is 37.1 Å². The third kappa shape index (κ3) is 2.89. The summed E-state index contributed by atoms with van der Waals surface area (Å²) < 4.78 is 0. The van der Waals surface area contributed by atoms with E-state index in [0.29, 0.717) is 0 Å². The highest BCUT2D eigenvalue weighted by Crippen LogP contribution is 2.20. The first kappa shape index (κ1) is 13.1. The summed E-state index contributed by atoms with van der Waals surface area (Å²) in [5.41, 5.74) is 4.35. The van der Waals surface area contributed by atoms with E-state index in [2.05, 4.69) is 28.4 Å². The Hall–Kier alpha value is -1.39. The van der Waals surface area contributed by atoms with Crippen molar-refractivity contribution in [2.24, 2.45) is 0 Å². The van der Waals surface area contributed by atoms with Gasteiger partial charge in [0.25, 0.3) is 0 Å². The van der Waals surface area contributed by atoms with Gasteiger partial charge in [-0.2, -0.15) is 0 Å². The predicted molar refractivity (Wildman–Crippen MR) is 76.1 cm³/mol. The molecule has 1 heterocycles. The van der Waals surface area contributed by atoms with Crippen LogP contribution in [0.2, 0.25) is 0 Å². The van der Waals surface area contributed by atoms with E-state index in [1.165, 1.54) is 0 Å². The summed E-state index contributed by atoms with van der Waals surface area (Å²) in [5, 5.41) is 12.4. The highest BCUT2D eigenvalue weighted by Gasteiger charge is 2.06. The van der Waals surface area contributed by atoms with E-state index in [1.54, 1.807) is 11.3 Å². The lowest BCUT2D eigenvalue weighted by Gasteiger charge is -2.19. The number of rotatable bonds is 4. The molecule has 1 aromatic heterocycles. The number of aryl methyl sites for hydroxylation is 2. The SMILES string of the molecule is Cc1nc(CN(C)c2ccc(CO)c(C)c2)cs1. The van der Waals surface area contributed by atoms with E-state index in [0.717, 1.165) is 34.1 Å². The topological polar surface area (TPSA) is 36.4 Å². The van der Waals surface area contributed by atoms with Gasteiger partial charge in [0.1, 0.15) is 0 Å². The smallest absolute Gasteiger partial charge is 0.0898 e. The van der Waals surface area contributed by atoms with E-state index in [1.807, 2.05) is 26.0 Å². The van der Waals surface area contributed by atoms with Gasteiger partial charge in [-0.25, -0.2) is 4.98 Å². The van der Waals surface area contributed by atoms with Crippen molar-refractivity contribution in [3.05, 3.63) is 45.4 Å². The van der Waals surface area contributed by atoms with Crippen molar-refractivity contribution in [2.45, 2.75) is 27.0 Å². The lowest BCUT2D eigenvalue weighted by molar-refractivity contribution is 0.281. The average molecular weight is 262 g/mol. The van der Waals surface area contributed by atoms with E-state index < -0.39 is 0 Å². The molecular formula is C14H18N2OS. The molecule has 3 nitrogen and oxygen atoms in total. The molecule has 2 rings (SSSR count). The zero-order valence-electron chi connectivity index (χ0n) is 11.0. The first-order chi connectivity index (χ1) is 8.60. The second kappa shape index (κ2) is 5.50. The summed E-state index contributed by atoms with van der Waals surface area (Å²) >= 11 is 1.68. The molecule has 0 aliphatic carbocycles. The number of thiazole rings is 1. The third-order valence-corrected chi connectivity index (χ3v) is 3.83. The molecule has 4 heteroatoms. The summed E-state index contributed by atoms with van der Waals surface area (Å²) in [4.78, 5) is 6.64. The highest BCUT2D eigenvalue weighted by atomic mass is 32.1. The van der Waals surface area contributed by atoms with Gasteiger partial charge in [-0.1, -0.05) is 6.07 Å². The highest BCUT2D eigenvalue weighted by molar-refractivity contribution is 7.09. The third-order valence-electron chi connectivity index (χ3n) is 3.00. The number of hydrogen-bond acceptors (Lipinski definition) is 4. The molecule has 0 atom stereocenters. The fourth-order valence-corrected chi connectivity index (χ4v) is 2.51. The second-order valence-corrected chi connectivity index (χ2v) is 5.55. The minimum Gasteiger partial charge on any atom is -0.392 e. The molecule has 0 bridgehead atoms. The monoisotopic (exact) mass is 262 g/mol. The largest absolute Gasteiger partial charge is 0.392 e. The summed E-state index contributed by atoms with van der Waals surface area (Å²) in [7, 11) is 2.06. The van der Waals surface area contributed by atoms with Crippen LogP contribution in [-0.2, 0) is 13.2 Å². The lowest BCUT2D eigenvalue weighted by atomic mass is 10.1. The fraction of sp³-hybridized carbons (Fsp3) is 0.357. The van der Waals surface area contributed by atoms with Crippen molar-refractivity contribution in [3.63, 3.8) is 0 Å². The number of aliphatic hydroxyl groups is 1. The van der Waals surface area contributed by atoms with E-state index in [9.17, 15) is 0 Å². The maximum atomic E-state index is 9.16. The van der Waals surface area contributed by atoms with Gasteiger partial charge in [0.2, 0.25) is 0 Å². The average Bonchev–Trinajstić information content (AvgIpc) is 2.74. The van der Waals surface area contributed by atoms with Gasteiger partial charge in [0.15, 0.2) is 0 Å². The van der Waals surface area contributed by atoms with E-state index in [-0.39, 0.29) is 6.61 Å². The molecule has 0 fully saturated rings. The number of benzene rings is 1. The van der Waals surface area contributed by atoms with Gasteiger partial charge in [0, 0.05) is 18.1 Å². The Morgan fingerprint density at radius 3 is 2.67 bits per heavy atom. The molecule has 0 saturated carbocycles. The van der Waals surface area contributed by atoms with Gasteiger partial charge < -0.3 is 10.0 Å². The predicted octanol–water partition coefficient (Wildman–Crippen LogP) is 2.89. The van der Waals surface area contributed by atoms with Crippen LogP contribution in [0.4, 0.5) is 5.69 Å². The molecule has 0 radical (unpaired) electrons. The van der Waals surface area contributed by atoms with Crippen LogP contribution in [0.15, 0.2) is 23.6 Å². The molecule has 0 amide bonds. The normalized spacial score (nSPS) is 10.7. The van der Waals surface area contributed by atoms with Crippen molar-refractivity contribution in [3.8, 4) is 0 Å². The Labute approximate surface area is 112 Å². The molecule has 0 spiro atoms. The first-order valence-corrected chi connectivity index (χ1v) is 6.80. The summed E-state index contributed by atoms with van der Waals surface area (Å²) in [6.07, 6.45) is 0. The van der Waals surface area contributed by atoms with Crippen LogP contribution < -0.4 is 4.90 Å². The fourth-order valence-electron chi connectivity index (χ4n) is 1.91. The molecule has 96 valence electrons. The van der Waals surface area contributed by atoms with Crippen LogP contribution in [0.25, 0.3) is 0 Å². The number of nitrogens with zero attached hydrogens (tertiary/aromatic N) is 2. The van der Waals surface area contributed by atoms with E-state index in [4.69, 9.17) is 5.11 Å². The molecule has 1 N–H and O–H groups in total. The second-order valence-electron chi connectivity index (χ2n) is 4.48. The van der Waals surface area contributed by atoms with Crippen LogP contribution >= 0.6 is 11.3 Å². The molecule has 1 aromatic carbocycles. The minimum absolute atomic E-state index is 0.0983. The standard InChI is InChI=1S/C14H18N2OS/c1-10-6-14(5-4-12(10)8-17)16(3)7-13-9-18-11(2)15-13/h4-6,9,17H,7-8H2,1-3H3. The Bertz CT molecular complexity index is 536. The van der Waals surface area contributed by atoms with Gasteiger partial charge >= 0.3 is 0 Å². The maximum Gasteiger partial charge on any atom is 0.0898 e. The van der Waals surface area contributed by atoms with Crippen molar-refractivity contribution in [1.82, 2.24) is 4.98 Å². The van der Waals surface area contributed by atoms with Gasteiger partial charge in [-0.15, -0.1) is 11.3 Å². The first-order valence-electron chi connectivity index (χ1n) is 5.92. The molecule has 0 unspecified atom stereocenters. The number of hydrogen-bond donors (Lipinski definition) is 1. The Morgan fingerprint density at radius 2 is 2.11 bits per heavy atom. The Kier molecular flexibility index (Phi) is 3.99. The zero-order valence-corrected chi connectivity index (χ0v) is 11.8. The minimum atomic E-state index is 0.0983. The van der Waals surface area contributed by atoms with Crippen LogP contribution in [0.1, 0.15) is 21.8 Å². The van der Waals surface area contributed by atoms with Crippen molar-refractivity contribution in [1.29, 1.82) is 0 Å². The van der Waals surface area contributed by atoms with Gasteiger partial charge in [0.05, 0.1) is 23.9 Å². The van der Waals surface area contributed by atoms with Crippen LogP contribution in [-0.4, -0.2) is 17.1 Å². The molecule has 2 aromatic rings. The summed E-state index contributed by atoms with van der Waals surface area (Å²) in [6, 6.07) is 6.12. The van der Waals surface area contributed by atoms with Crippen molar-refractivity contribution >= 4 is 17.0 Å². The molecule has 18 heavy (non-hydrogen) atoms. The zero-order chi connectivity index (χ0) is 13.1. The molecule has 0 saturated heterocycles. The van der Waals surface area contributed by atoms with Crippen LogP contribution in [0.5, 0.6) is 0 Å². The van der Waals surface area contributed by atoms with Gasteiger partial charge in [-0.3, -0.25) is 0 Å². The van der Waals surface area contributed by atoms with E-state index >= 15 is 0 Å². The summed E-state index contributed by atoms with van der Waals surface area (Å²) in [5.74, 6) is 0. The number of aliphatic hydroxyl groups excluding tert-OH is 1. The lowest BCUT2D eigenvalue weighted by Crippen LogP contribution is -2.16. The Morgan fingerprint density at radius 1 is 1.33 bits per heavy atom. The maximum absolute atomic E-state index is 9.16. The number of aromatic nitrogens is 1. The van der Waals surface area contributed by atoms with Crippen molar-refractivity contribution in [2.75, 3.05) is 11.9 Å².